The molecule has 4 nitrogen and oxygen atoms in total. The summed E-state index contributed by atoms with van der Waals surface area (Å²) in [5.74, 6) is -0.214. The van der Waals surface area contributed by atoms with Gasteiger partial charge in [-0.2, -0.15) is 0 Å². The molecule has 0 aliphatic carbocycles. The van der Waals surface area contributed by atoms with Crippen molar-refractivity contribution in [1.29, 1.82) is 0 Å². The quantitative estimate of drug-likeness (QED) is 0.860. The molecule has 0 atom stereocenters. The molecule has 2 N–H and O–H groups in total. The molecular formula is C15H14ClN3OS. The zero-order chi connectivity index (χ0) is 15.2. The van der Waals surface area contributed by atoms with E-state index in [1.54, 1.807) is 17.0 Å². The molecule has 21 heavy (non-hydrogen) atoms. The summed E-state index contributed by atoms with van der Waals surface area (Å²) in [6, 6.07) is 12.6. The van der Waals surface area contributed by atoms with E-state index in [9.17, 15) is 4.79 Å². The van der Waals surface area contributed by atoms with Crippen LogP contribution in [0, 0.1) is 0 Å². The van der Waals surface area contributed by atoms with Crippen molar-refractivity contribution in [3.63, 3.8) is 0 Å². The number of pyridine rings is 1. The fraction of sp³-hybridized carbons (Fsp3) is 0.133. The molecule has 0 fully saturated rings. The maximum atomic E-state index is 12.6. The Balaban J connectivity index is 2.28. The number of rotatable bonds is 5. The van der Waals surface area contributed by atoms with E-state index in [4.69, 9.17) is 29.6 Å². The van der Waals surface area contributed by atoms with Crippen LogP contribution in [0.5, 0.6) is 0 Å². The first-order valence-electron chi connectivity index (χ1n) is 6.34. The van der Waals surface area contributed by atoms with Gasteiger partial charge in [0.1, 0.15) is 5.69 Å². The van der Waals surface area contributed by atoms with Crippen molar-refractivity contribution in [1.82, 2.24) is 4.98 Å². The topological polar surface area (TPSA) is 59.2 Å². The van der Waals surface area contributed by atoms with Crippen molar-refractivity contribution in [2.24, 2.45) is 5.73 Å². The maximum Gasteiger partial charge on any atom is 0.276 e. The molecule has 0 saturated heterocycles. The van der Waals surface area contributed by atoms with Gasteiger partial charge in [0.05, 0.1) is 10.0 Å². The molecule has 0 bridgehead atoms. The highest BCUT2D eigenvalue weighted by Crippen LogP contribution is 2.17. The normalized spacial score (nSPS) is 10.1. The van der Waals surface area contributed by atoms with Gasteiger partial charge < -0.3 is 10.6 Å². The number of halogens is 1. The molecule has 0 spiro atoms. The van der Waals surface area contributed by atoms with Crippen molar-refractivity contribution in [3.8, 4) is 0 Å². The monoisotopic (exact) mass is 319 g/mol. The Labute approximate surface area is 133 Å². The summed E-state index contributed by atoms with van der Waals surface area (Å²) in [4.78, 5) is 18.6. The molecule has 1 heterocycles. The number of benzene rings is 1. The summed E-state index contributed by atoms with van der Waals surface area (Å²) in [5, 5.41) is 0.487. The lowest BCUT2D eigenvalue weighted by molar-refractivity contribution is 0.0983. The Morgan fingerprint density at radius 1 is 1.24 bits per heavy atom. The van der Waals surface area contributed by atoms with Gasteiger partial charge in [-0.05, 0) is 24.3 Å². The molecule has 0 aliphatic rings. The smallest absolute Gasteiger partial charge is 0.276 e. The number of hydrogen-bond acceptors (Lipinski definition) is 3. The molecule has 6 heteroatoms. The molecule has 1 aromatic carbocycles. The lowest BCUT2D eigenvalue weighted by atomic mass is 10.2. The predicted octanol–water partition coefficient (Wildman–Crippen LogP) is 3.06. The summed E-state index contributed by atoms with van der Waals surface area (Å²) in [5.41, 5.74) is 6.64. The highest BCUT2D eigenvalue weighted by Gasteiger charge is 2.18. The van der Waals surface area contributed by atoms with Crippen LogP contribution in [0.3, 0.4) is 0 Å². The van der Waals surface area contributed by atoms with Crippen LogP contribution < -0.4 is 10.6 Å². The van der Waals surface area contributed by atoms with E-state index < -0.39 is 0 Å². The number of anilines is 1. The summed E-state index contributed by atoms with van der Waals surface area (Å²) in [7, 11) is 0. The molecule has 0 saturated carbocycles. The summed E-state index contributed by atoms with van der Waals surface area (Å²) in [6.45, 7) is 0.405. The number of nitrogens with two attached hydrogens (primary N) is 1. The Kier molecular flexibility index (Phi) is 5.25. The number of amides is 1. The predicted molar refractivity (Wildman–Crippen MR) is 88.8 cm³/mol. The largest absolute Gasteiger partial charge is 0.393 e. The van der Waals surface area contributed by atoms with E-state index in [1.165, 1.54) is 6.20 Å². The highest BCUT2D eigenvalue weighted by molar-refractivity contribution is 7.80. The number of hydrogen-bond donors (Lipinski definition) is 1. The number of para-hydroxylation sites is 1. The second-order valence-corrected chi connectivity index (χ2v) is 5.33. The first-order chi connectivity index (χ1) is 10.1. The molecule has 1 amide bonds. The van der Waals surface area contributed by atoms with Gasteiger partial charge in [-0.15, -0.1) is 0 Å². The molecule has 0 unspecified atom stereocenters. The van der Waals surface area contributed by atoms with Crippen molar-refractivity contribution in [2.45, 2.75) is 6.42 Å². The van der Waals surface area contributed by atoms with Gasteiger partial charge in [0.15, 0.2) is 0 Å². The van der Waals surface area contributed by atoms with Crippen molar-refractivity contribution in [2.75, 3.05) is 11.4 Å². The number of thiocarbonyl (C=S) groups is 1. The molecule has 0 radical (unpaired) electrons. The Hall–Kier alpha value is -1.98. The van der Waals surface area contributed by atoms with Crippen LogP contribution in [0.2, 0.25) is 5.02 Å². The van der Waals surface area contributed by atoms with E-state index in [0.717, 1.165) is 5.69 Å². The average Bonchev–Trinajstić information content (AvgIpc) is 2.49. The van der Waals surface area contributed by atoms with Crippen LogP contribution in [-0.2, 0) is 0 Å². The Morgan fingerprint density at radius 2 is 1.95 bits per heavy atom. The van der Waals surface area contributed by atoms with Gasteiger partial charge in [0, 0.05) is 24.8 Å². The number of carbonyl (C=O) groups is 1. The second kappa shape index (κ2) is 7.15. The van der Waals surface area contributed by atoms with Gasteiger partial charge in [-0.25, -0.2) is 4.98 Å². The minimum Gasteiger partial charge on any atom is -0.393 e. The van der Waals surface area contributed by atoms with Crippen LogP contribution in [0.1, 0.15) is 16.9 Å². The van der Waals surface area contributed by atoms with Crippen molar-refractivity contribution >= 4 is 40.4 Å². The van der Waals surface area contributed by atoms with Crippen LogP contribution in [-0.4, -0.2) is 22.4 Å². The molecule has 0 aliphatic heterocycles. The molecule has 1 aromatic heterocycles. The van der Waals surface area contributed by atoms with Gasteiger partial charge in [-0.1, -0.05) is 42.0 Å². The lowest BCUT2D eigenvalue weighted by Crippen LogP contribution is -2.34. The van der Waals surface area contributed by atoms with E-state index in [1.807, 2.05) is 30.3 Å². The SMILES string of the molecule is NC(=S)CCN(C(=O)c1ccc(Cl)cn1)c1ccccc1. The van der Waals surface area contributed by atoms with Gasteiger partial charge in [0.2, 0.25) is 0 Å². The second-order valence-electron chi connectivity index (χ2n) is 4.37. The zero-order valence-corrected chi connectivity index (χ0v) is 12.8. The van der Waals surface area contributed by atoms with Crippen LogP contribution in [0.25, 0.3) is 0 Å². The molecule has 108 valence electrons. The fourth-order valence-corrected chi connectivity index (χ4v) is 2.02. The standard InChI is InChI=1S/C15H14ClN3OS/c16-11-6-7-13(18-10-11)15(20)19(9-8-14(17)21)12-4-2-1-3-5-12/h1-7,10H,8-9H2,(H2,17,21). The Bertz CT molecular complexity index is 631. The summed E-state index contributed by atoms with van der Waals surface area (Å²) in [6.07, 6.45) is 1.90. The van der Waals surface area contributed by atoms with Crippen LogP contribution >= 0.6 is 23.8 Å². The molecule has 2 aromatic rings. The number of nitrogens with zero attached hydrogens (tertiary/aromatic N) is 2. The third-order valence-electron chi connectivity index (χ3n) is 2.84. The minimum absolute atomic E-state index is 0.214. The van der Waals surface area contributed by atoms with Crippen molar-refractivity contribution in [3.05, 3.63) is 59.4 Å². The molecular weight excluding hydrogens is 306 g/mol. The summed E-state index contributed by atoms with van der Waals surface area (Å²) < 4.78 is 0. The van der Waals surface area contributed by atoms with Crippen LogP contribution in [0.4, 0.5) is 5.69 Å². The van der Waals surface area contributed by atoms with E-state index in [0.29, 0.717) is 28.7 Å². The van der Waals surface area contributed by atoms with E-state index in [2.05, 4.69) is 4.98 Å². The number of aromatic nitrogens is 1. The third-order valence-corrected chi connectivity index (χ3v) is 3.27. The third kappa shape index (κ3) is 4.24. The van der Waals surface area contributed by atoms with Gasteiger partial charge in [0.25, 0.3) is 5.91 Å². The van der Waals surface area contributed by atoms with Crippen molar-refractivity contribution < 1.29 is 4.79 Å². The highest BCUT2D eigenvalue weighted by atomic mass is 35.5. The number of carbonyl (C=O) groups excluding carboxylic acids is 1. The first-order valence-corrected chi connectivity index (χ1v) is 7.13. The van der Waals surface area contributed by atoms with E-state index in [-0.39, 0.29) is 5.91 Å². The average molecular weight is 320 g/mol. The van der Waals surface area contributed by atoms with Gasteiger partial charge in [-0.3, -0.25) is 4.79 Å². The van der Waals surface area contributed by atoms with Gasteiger partial charge >= 0.3 is 0 Å². The van der Waals surface area contributed by atoms with E-state index >= 15 is 0 Å². The van der Waals surface area contributed by atoms with Crippen LogP contribution in [0.15, 0.2) is 48.7 Å². The Morgan fingerprint density at radius 3 is 2.52 bits per heavy atom. The zero-order valence-electron chi connectivity index (χ0n) is 11.2. The first kappa shape index (κ1) is 15.4. The summed E-state index contributed by atoms with van der Waals surface area (Å²) >= 11 is 10.7. The fourth-order valence-electron chi connectivity index (χ4n) is 1.82. The molecule has 2 rings (SSSR count). The minimum atomic E-state index is -0.214. The lowest BCUT2D eigenvalue weighted by Gasteiger charge is -2.22. The maximum absolute atomic E-state index is 12.6.